The van der Waals surface area contributed by atoms with Crippen LogP contribution in [0.15, 0.2) is 18.2 Å². The van der Waals surface area contributed by atoms with E-state index in [0.717, 1.165) is 0 Å². The van der Waals surface area contributed by atoms with Gasteiger partial charge in [0.15, 0.2) is 0 Å². The maximum absolute atomic E-state index is 13.8. The van der Waals surface area contributed by atoms with Crippen LogP contribution in [0.3, 0.4) is 0 Å². The Balaban J connectivity index is 2.77. The van der Waals surface area contributed by atoms with Crippen LogP contribution in [0, 0.1) is 11.2 Å². The Morgan fingerprint density at radius 3 is 2.65 bits per heavy atom. The number of hydrogen-bond acceptors (Lipinski definition) is 4. The summed E-state index contributed by atoms with van der Waals surface area (Å²) in [7, 11) is 3.29. The Bertz CT molecular complexity index is 521. The minimum atomic E-state index is -0.385. The van der Waals surface area contributed by atoms with Gasteiger partial charge >= 0.3 is 0 Å². The van der Waals surface area contributed by atoms with E-state index in [-0.39, 0.29) is 23.7 Å². The standard InChI is InChI=1S/C17H27FN2O3/c1-17(2,11-19)12-20(3)16(21)13-5-6-15(18)14(9-13)10-23-8-7-22-4/h5-6,9H,7-8,10-12,19H2,1-4H3. The summed E-state index contributed by atoms with van der Waals surface area (Å²) < 4.78 is 24.0. The van der Waals surface area contributed by atoms with Crippen LogP contribution in [0.25, 0.3) is 0 Å². The van der Waals surface area contributed by atoms with Crippen LogP contribution in [-0.2, 0) is 16.1 Å². The molecule has 0 fully saturated rings. The SMILES string of the molecule is COCCOCc1cc(C(=O)N(C)CC(C)(C)CN)ccc1F. The van der Waals surface area contributed by atoms with Crippen molar-refractivity contribution in [3.8, 4) is 0 Å². The van der Waals surface area contributed by atoms with Crippen molar-refractivity contribution in [3.05, 3.63) is 35.1 Å². The van der Waals surface area contributed by atoms with Gasteiger partial charge in [-0.2, -0.15) is 0 Å². The molecule has 0 saturated carbocycles. The molecule has 6 heteroatoms. The van der Waals surface area contributed by atoms with Crippen molar-refractivity contribution in [1.82, 2.24) is 4.90 Å². The average molecular weight is 326 g/mol. The highest BCUT2D eigenvalue weighted by Gasteiger charge is 2.22. The van der Waals surface area contributed by atoms with Gasteiger partial charge in [-0.05, 0) is 30.2 Å². The fourth-order valence-corrected chi connectivity index (χ4v) is 2.14. The number of carbonyl (C=O) groups excluding carboxylic acids is 1. The van der Waals surface area contributed by atoms with Gasteiger partial charge in [0.1, 0.15) is 5.82 Å². The molecule has 0 atom stereocenters. The van der Waals surface area contributed by atoms with Gasteiger partial charge < -0.3 is 20.1 Å². The second kappa shape index (κ2) is 8.96. The van der Waals surface area contributed by atoms with E-state index in [1.54, 1.807) is 19.1 Å². The molecule has 5 nitrogen and oxygen atoms in total. The van der Waals surface area contributed by atoms with Crippen molar-refractivity contribution < 1.29 is 18.7 Å². The summed E-state index contributed by atoms with van der Waals surface area (Å²) in [5.41, 5.74) is 6.33. The number of halogens is 1. The van der Waals surface area contributed by atoms with Crippen molar-refractivity contribution in [2.24, 2.45) is 11.1 Å². The molecule has 0 heterocycles. The molecule has 0 saturated heterocycles. The molecule has 130 valence electrons. The highest BCUT2D eigenvalue weighted by atomic mass is 19.1. The zero-order valence-electron chi connectivity index (χ0n) is 14.4. The van der Waals surface area contributed by atoms with Gasteiger partial charge in [0.2, 0.25) is 0 Å². The summed E-state index contributed by atoms with van der Waals surface area (Å²) in [5.74, 6) is -0.548. The van der Waals surface area contributed by atoms with E-state index < -0.39 is 0 Å². The Morgan fingerprint density at radius 2 is 2.04 bits per heavy atom. The summed E-state index contributed by atoms with van der Waals surface area (Å²) in [5, 5.41) is 0. The summed E-state index contributed by atoms with van der Waals surface area (Å²) in [6, 6.07) is 4.32. The minimum absolute atomic E-state index is 0.105. The van der Waals surface area contributed by atoms with E-state index in [9.17, 15) is 9.18 Å². The molecule has 0 bridgehead atoms. The molecule has 1 aromatic rings. The molecule has 23 heavy (non-hydrogen) atoms. The number of carbonyl (C=O) groups is 1. The van der Waals surface area contributed by atoms with Crippen molar-refractivity contribution in [1.29, 1.82) is 0 Å². The summed E-state index contributed by atoms with van der Waals surface area (Å²) in [6.45, 7) is 5.92. The highest BCUT2D eigenvalue weighted by molar-refractivity contribution is 5.94. The number of ether oxygens (including phenoxy) is 2. The fraction of sp³-hybridized carbons (Fsp3) is 0.588. The molecule has 0 aliphatic heterocycles. The van der Waals surface area contributed by atoms with Gasteiger partial charge in [0.25, 0.3) is 5.91 Å². The van der Waals surface area contributed by atoms with Crippen molar-refractivity contribution in [3.63, 3.8) is 0 Å². The molecular weight excluding hydrogens is 299 g/mol. The van der Waals surface area contributed by atoms with Crippen molar-refractivity contribution in [2.45, 2.75) is 20.5 Å². The number of benzene rings is 1. The topological polar surface area (TPSA) is 64.8 Å². The molecule has 1 rings (SSSR count). The second-order valence-corrected chi connectivity index (χ2v) is 6.38. The van der Waals surface area contributed by atoms with Crippen molar-refractivity contribution >= 4 is 5.91 Å². The largest absolute Gasteiger partial charge is 0.382 e. The zero-order chi connectivity index (χ0) is 17.5. The molecule has 0 radical (unpaired) electrons. The first-order valence-electron chi connectivity index (χ1n) is 7.61. The third-order valence-corrected chi connectivity index (χ3v) is 3.55. The van der Waals surface area contributed by atoms with E-state index in [2.05, 4.69) is 0 Å². The summed E-state index contributed by atoms with van der Waals surface area (Å²) in [4.78, 5) is 14.1. The lowest BCUT2D eigenvalue weighted by Crippen LogP contribution is -2.39. The quantitative estimate of drug-likeness (QED) is 0.705. The summed E-state index contributed by atoms with van der Waals surface area (Å²) >= 11 is 0. The third kappa shape index (κ3) is 6.25. The smallest absolute Gasteiger partial charge is 0.253 e. The number of amides is 1. The molecule has 0 aliphatic carbocycles. The molecular formula is C17H27FN2O3. The van der Waals surface area contributed by atoms with Gasteiger partial charge in [-0.3, -0.25) is 4.79 Å². The Labute approximate surface area is 137 Å². The normalized spacial score (nSPS) is 11.6. The second-order valence-electron chi connectivity index (χ2n) is 6.38. The number of nitrogens with two attached hydrogens (primary N) is 1. The predicted molar refractivity (Wildman–Crippen MR) is 87.7 cm³/mol. The third-order valence-electron chi connectivity index (χ3n) is 3.55. The van der Waals surface area contributed by atoms with Gasteiger partial charge in [-0.15, -0.1) is 0 Å². The highest BCUT2D eigenvalue weighted by Crippen LogP contribution is 2.17. The van der Waals surface area contributed by atoms with Gasteiger partial charge in [-0.1, -0.05) is 13.8 Å². The van der Waals surface area contributed by atoms with Crippen LogP contribution in [0.4, 0.5) is 4.39 Å². The summed E-state index contributed by atoms with van der Waals surface area (Å²) in [6.07, 6.45) is 0. The number of rotatable bonds is 9. The van der Waals surface area contributed by atoms with Crippen LogP contribution in [0.2, 0.25) is 0 Å². The van der Waals surface area contributed by atoms with E-state index in [1.165, 1.54) is 18.2 Å². The Hall–Kier alpha value is -1.50. The van der Waals surface area contributed by atoms with E-state index in [1.807, 2.05) is 13.8 Å². The first kappa shape index (κ1) is 19.5. The Morgan fingerprint density at radius 1 is 1.35 bits per heavy atom. The number of hydrogen-bond donors (Lipinski definition) is 1. The molecule has 0 unspecified atom stereocenters. The lowest BCUT2D eigenvalue weighted by molar-refractivity contribution is 0.0602. The molecule has 0 aromatic heterocycles. The average Bonchev–Trinajstić information content (AvgIpc) is 2.52. The number of methoxy groups -OCH3 is 1. The molecule has 2 N–H and O–H groups in total. The van der Waals surface area contributed by atoms with Crippen LogP contribution >= 0.6 is 0 Å². The van der Waals surface area contributed by atoms with E-state index in [4.69, 9.17) is 15.2 Å². The molecule has 0 aliphatic rings. The molecule has 1 amide bonds. The van der Waals surface area contributed by atoms with Crippen LogP contribution in [0.1, 0.15) is 29.8 Å². The minimum Gasteiger partial charge on any atom is -0.382 e. The van der Waals surface area contributed by atoms with E-state index in [0.29, 0.717) is 37.4 Å². The molecule has 1 aromatic carbocycles. The van der Waals surface area contributed by atoms with Crippen LogP contribution < -0.4 is 5.73 Å². The first-order chi connectivity index (χ1) is 10.8. The number of nitrogens with zero attached hydrogens (tertiary/aromatic N) is 1. The van der Waals surface area contributed by atoms with Gasteiger partial charge in [0, 0.05) is 31.8 Å². The maximum Gasteiger partial charge on any atom is 0.253 e. The van der Waals surface area contributed by atoms with Crippen LogP contribution in [-0.4, -0.2) is 51.3 Å². The predicted octanol–water partition coefficient (Wildman–Crippen LogP) is 2.05. The maximum atomic E-state index is 13.8. The van der Waals surface area contributed by atoms with E-state index >= 15 is 0 Å². The lowest BCUT2D eigenvalue weighted by atomic mass is 9.93. The fourth-order valence-electron chi connectivity index (χ4n) is 2.14. The first-order valence-corrected chi connectivity index (χ1v) is 7.61. The van der Waals surface area contributed by atoms with Gasteiger partial charge in [-0.25, -0.2) is 4.39 Å². The van der Waals surface area contributed by atoms with Crippen LogP contribution in [0.5, 0.6) is 0 Å². The zero-order valence-corrected chi connectivity index (χ0v) is 14.4. The van der Waals surface area contributed by atoms with Crippen molar-refractivity contribution in [2.75, 3.05) is 40.5 Å². The Kier molecular flexibility index (Phi) is 7.61. The molecule has 0 spiro atoms. The monoisotopic (exact) mass is 326 g/mol. The van der Waals surface area contributed by atoms with Gasteiger partial charge in [0.05, 0.1) is 19.8 Å². The lowest BCUT2D eigenvalue weighted by Gasteiger charge is -2.29.